The minimum absolute atomic E-state index is 0.232. The Morgan fingerprint density at radius 2 is 1.97 bits per heavy atom. The fourth-order valence-corrected chi connectivity index (χ4v) is 5.09. The summed E-state index contributed by atoms with van der Waals surface area (Å²) in [7, 11) is 0. The van der Waals surface area contributed by atoms with Crippen LogP contribution in [0.5, 0.6) is 5.75 Å². The monoisotopic (exact) mass is 485 g/mol. The van der Waals surface area contributed by atoms with Gasteiger partial charge in [-0.1, -0.05) is 34.1 Å². The molecule has 1 saturated carbocycles. The lowest BCUT2D eigenvalue weighted by Gasteiger charge is -2.34. The third-order valence-corrected chi connectivity index (χ3v) is 6.62. The molecule has 0 radical (unpaired) electrons. The fraction of sp³-hybridized carbons (Fsp3) is 0.292. The van der Waals surface area contributed by atoms with Crippen LogP contribution in [0.15, 0.2) is 59.2 Å². The maximum Gasteiger partial charge on any atom is 0.387 e. The molecule has 3 aromatic rings. The molecule has 2 unspecified atom stereocenters. The van der Waals surface area contributed by atoms with Gasteiger partial charge in [0.05, 0.1) is 11.2 Å². The molecular weight excluding hydrogens is 464 g/mol. The number of halogens is 3. The molecule has 1 aliphatic heterocycles. The van der Waals surface area contributed by atoms with Gasteiger partial charge >= 0.3 is 6.61 Å². The first-order chi connectivity index (χ1) is 14.9. The summed E-state index contributed by atoms with van der Waals surface area (Å²) in [5.41, 5.74) is 10.9. The molecule has 1 fully saturated rings. The predicted octanol–water partition coefficient (Wildman–Crippen LogP) is 5.48. The number of aryl methyl sites for hydroxylation is 1. The van der Waals surface area contributed by atoms with E-state index in [1.807, 2.05) is 49.4 Å². The summed E-state index contributed by atoms with van der Waals surface area (Å²) in [6.07, 6.45) is 3.21. The molecule has 0 bridgehead atoms. The smallest absolute Gasteiger partial charge is 0.387 e. The van der Waals surface area contributed by atoms with Gasteiger partial charge in [-0.2, -0.15) is 8.78 Å². The van der Waals surface area contributed by atoms with Gasteiger partial charge in [-0.05, 0) is 78.3 Å². The Morgan fingerprint density at radius 3 is 2.68 bits per heavy atom. The molecule has 2 atom stereocenters. The third kappa shape index (κ3) is 3.45. The normalized spacial score (nSPS) is 22.6. The van der Waals surface area contributed by atoms with E-state index in [1.165, 1.54) is 0 Å². The highest BCUT2D eigenvalue weighted by atomic mass is 79.9. The molecule has 5 rings (SSSR count). The van der Waals surface area contributed by atoms with Gasteiger partial charge in [0.1, 0.15) is 11.9 Å². The lowest BCUT2D eigenvalue weighted by atomic mass is 9.77. The molecule has 0 amide bonds. The molecule has 0 spiro atoms. The Morgan fingerprint density at radius 1 is 1.16 bits per heavy atom. The summed E-state index contributed by atoms with van der Waals surface area (Å²) in [4.78, 5) is 4.54. The van der Waals surface area contributed by atoms with Gasteiger partial charge in [0.2, 0.25) is 0 Å². The summed E-state index contributed by atoms with van der Waals surface area (Å²) in [5.74, 6) is 0.523. The van der Waals surface area contributed by atoms with Crippen molar-refractivity contribution in [3.05, 3.63) is 92.7 Å². The molecule has 0 saturated heterocycles. The molecule has 2 aromatic carbocycles. The van der Waals surface area contributed by atoms with Gasteiger partial charge in [0.15, 0.2) is 0 Å². The van der Waals surface area contributed by atoms with Crippen molar-refractivity contribution in [1.82, 2.24) is 10.3 Å². The lowest BCUT2D eigenvalue weighted by Crippen LogP contribution is -2.42. The minimum atomic E-state index is -2.86. The molecule has 1 aliphatic carbocycles. The Kier molecular flexibility index (Phi) is 5.07. The largest absolute Gasteiger partial charge is 0.434 e. The lowest BCUT2D eigenvalue weighted by molar-refractivity contribution is -0.0509. The molecule has 3 N–H and O–H groups in total. The highest BCUT2D eigenvalue weighted by molar-refractivity contribution is 9.10. The number of ether oxygens (including phenoxy) is 1. The van der Waals surface area contributed by atoms with Gasteiger partial charge < -0.3 is 10.5 Å². The van der Waals surface area contributed by atoms with Crippen molar-refractivity contribution in [1.29, 1.82) is 0 Å². The van der Waals surface area contributed by atoms with E-state index in [4.69, 9.17) is 10.5 Å². The number of nitrogens with two attached hydrogens (primary N) is 1. The van der Waals surface area contributed by atoms with Crippen molar-refractivity contribution >= 4 is 15.9 Å². The summed E-state index contributed by atoms with van der Waals surface area (Å²) in [6.45, 7) is -1.04. The van der Waals surface area contributed by atoms with Crippen LogP contribution in [0.1, 0.15) is 58.4 Å². The van der Waals surface area contributed by atoms with Crippen molar-refractivity contribution in [3.63, 3.8) is 0 Å². The van der Waals surface area contributed by atoms with Crippen molar-refractivity contribution in [2.75, 3.05) is 0 Å². The molecular formula is C24H22BrF2N3O. The molecule has 2 aliphatic rings. The number of rotatable bonds is 5. The number of hydrogen-bond donors (Lipinski definition) is 2. The average molecular weight is 486 g/mol. The van der Waals surface area contributed by atoms with E-state index in [0.717, 1.165) is 45.3 Å². The number of benzene rings is 2. The zero-order chi connectivity index (χ0) is 21.8. The van der Waals surface area contributed by atoms with Crippen LogP contribution < -0.4 is 15.8 Å². The van der Waals surface area contributed by atoms with E-state index in [2.05, 4.69) is 32.3 Å². The van der Waals surface area contributed by atoms with Crippen LogP contribution in [0.2, 0.25) is 0 Å². The second-order valence-corrected chi connectivity index (χ2v) is 9.10. The molecule has 2 heterocycles. The number of nitrogens with one attached hydrogen (secondary N) is 1. The molecule has 7 heteroatoms. The number of hydrogen-bond acceptors (Lipinski definition) is 4. The SMILES string of the molecule is Cc1cc(C2(c3cccc(Br)c3)NC(N)c3ncccc32)cc(C2CC2)c1OC(F)F. The van der Waals surface area contributed by atoms with Crippen LogP contribution in [0.4, 0.5) is 8.78 Å². The van der Waals surface area contributed by atoms with Crippen molar-refractivity contribution < 1.29 is 13.5 Å². The van der Waals surface area contributed by atoms with Crippen LogP contribution in [0, 0.1) is 6.92 Å². The van der Waals surface area contributed by atoms with Crippen LogP contribution in [0.25, 0.3) is 0 Å². The zero-order valence-electron chi connectivity index (χ0n) is 16.9. The summed E-state index contributed by atoms with van der Waals surface area (Å²) in [5, 5.41) is 3.57. The topological polar surface area (TPSA) is 60.2 Å². The number of aromatic nitrogens is 1. The summed E-state index contributed by atoms with van der Waals surface area (Å²) >= 11 is 3.58. The number of alkyl halides is 2. The van der Waals surface area contributed by atoms with Crippen molar-refractivity contribution in [2.45, 2.75) is 44.0 Å². The van der Waals surface area contributed by atoms with E-state index in [-0.39, 0.29) is 5.92 Å². The van der Waals surface area contributed by atoms with E-state index >= 15 is 0 Å². The first kappa shape index (κ1) is 20.5. The highest BCUT2D eigenvalue weighted by Crippen LogP contribution is 2.50. The molecule has 31 heavy (non-hydrogen) atoms. The van der Waals surface area contributed by atoms with Crippen molar-refractivity contribution in [3.8, 4) is 5.75 Å². The van der Waals surface area contributed by atoms with Crippen LogP contribution >= 0.6 is 15.9 Å². The van der Waals surface area contributed by atoms with Crippen molar-refractivity contribution in [2.24, 2.45) is 5.73 Å². The molecule has 4 nitrogen and oxygen atoms in total. The first-order valence-corrected chi connectivity index (χ1v) is 11.0. The zero-order valence-corrected chi connectivity index (χ0v) is 18.5. The average Bonchev–Trinajstić information content (AvgIpc) is 3.54. The maximum absolute atomic E-state index is 13.1. The van der Waals surface area contributed by atoms with Gasteiger partial charge in [-0.25, -0.2) is 0 Å². The third-order valence-electron chi connectivity index (χ3n) is 6.13. The van der Waals surface area contributed by atoms with Gasteiger partial charge in [0.25, 0.3) is 0 Å². The quantitative estimate of drug-likeness (QED) is 0.501. The number of fused-ring (bicyclic) bond motifs is 1. The maximum atomic E-state index is 13.1. The second-order valence-electron chi connectivity index (χ2n) is 8.18. The fourth-order valence-electron chi connectivity index (χ4n) is 4.69. The Labute approximate surface area is 188 Å². The summed E-state index contributed by atoms with van der Waals surface area (Å²) in [6, 6.07) is 15.9. The standard InChI is InChI=1S/C24H22BrF2N3O/c1-13-10-16(12-18(14-7-8-14)21(13)31-23(26)27)24(15-4-2-5-17(25)11-15)19-6-3-9-29-20(19)22(28)30-24/h2-6,9-12,14,22-23,30H,7-8,28H2,1H3. The molecule has 1 aromatic heterocycles. The molecule has 160 valence electrons. The van der Waals surface area contributed by atoms with Crippen LogP contribution in [-0.4, -0.2) is 11.6 Å². The number of pyridine rings is 1. The van der Waals surface area contributed by atoms with Crippen LogP contribution in [-0.2, 0) is 5.54 Å². The second kappa shape index (κ2) is 7.65. The Hall–Kier alpha value is -2.35. The van der Waals surface area contributed by atoms with E-state index < -0.39 is 18.3 Å². The van der Waals surface area contributed by atoms with Gasteiger partial charge in [0, 0.05) is 16.2 Å². The van der Waals surface area contributed by atoms with Gasteiger partial charge in [-0.15, -0.1) is 0 Å². The minimum Gasteiger partial charge on any atom is -0.434 e. The van der Waals surface area contributed by atoms with Crippen LogP contribution in [0.3, 0.4) is 0 Å². The predicted molar refractivity (Wildman–Crippen MR) is 118 cm³/mol. The van der Waals surface area contributed by atoms with E-state index in [9.17, 15) is 8.78 Å². The first-order valence-electron chi connectivity index (χ1n) is 10.2. The highest BCUT2D eigenvalue weighted by Gasteiger charge is 2.47. The number of nitrogens with zero attached hydrogens (tertiary/aromatic N) is 1. The van der Waals surface area contributed by atoms with Gasteiger partial charge in [-0.3, -0.25) is 10.3 Å². The van der Waals surface area contributed by atoms with E-state index in [0.29, 0.717) is 11.3 Å². The summed E-state index contributed by atoms with van der Waals surface area (Å²) < 4.78 is 32.2. The Balaban J connectivity index is 1.78. The Bertz CT molecular complexity index is 1150. The van der Waals surface area contributed by atoms with E-state index in [1.54, 1.807) is 6.20 Å².